The molecule has 8 heteroatoms. The van der Waals surface area contributed by atoms with Crippen LogP contribution in [0.5, 0.6) is 0 Å². The molecule has 2 aromatic carbocycles. The minimum atomic E-state index is -3.59. The summed E-state index contributed by atoms with van der Waals surface area (Å²) in [5.41, 5.74) is 2.45. The number of carbonyl (C=O) groups excluding carboxylic acids is 1. The van der Waals surface area contributed by atoms with Gasteiger partial charge in [0.1, 0.15) is 5.58 Å². The second kappa shape index (κ2) is 8.06. The number of rotatable bonds is 4. The molecule has 1 saturated heterocycles. The van der Waals surface area contributed by atoms with Crippen LogP contribution in [-0.2, 0) is 10.0 Å². The maximum atomic E-state index is 13.0. The zero-order chi connectivity index (χ0) is 21.5. The number of fused-ring (bicyclic) bond motifs is 1. The van der Waals surface area contributed by atoms with Gasteiger partial charge >= 0.3 is 0 Å². The van der Waals surface area contributed by atoms with Crippen molar-refractivity contribution < 1.29 is 17.6 Å². The van der Waals surface area contributed by atoms with Gasteiger partial charge in [-0.1, -0.05) is 24.1 Å². The van der Waals surface area contributed by atoms with Crippen LogP contribution >= 0.6 is 11.6 Å². The number of hydrogen-bond donors (Lipinski definition) is 1. The van der Waals surface area contributed by atoms with Crippen LogP contribution in [0.15, 0.2) is 45.7 Å². The summed E-state index contributed by atoms with van der Waals surface area (Å²) in [5, 5.41) is 4.14. The smallest absolute Gasteiger partial charge is 0.291 e. The number of carbonyl (C=O) groups is 1. The van der Waals surface area contributed by atoms with E-state index in [1.54, 1.807) is 37.3 Å². The lowest BCUT2D eigenvalue weighted by molar-refractivity contribution is 0.0997. The van der Waals surface area contributed by atoms with E-state index in [2.05, 4.69) is 5.32 Å². The maximum Gasteiger partial charge on any atom is 0.291 e. The topological polar surface area (TPSA) is 79.6 Å². The van der Waals surface area contributed by atoms with Crippen LogP contribution in [0.25, 0.3) is 11.0 Å². The summed E-state index contributed by atoms with van der Waals surface area (Å²) in [7, 11) is -3.59. The van der Waals surface area contributed by atoms with Crippen LogP contribution in [0, 0.1) is 13.8 Å². The van der Waals surface area contributed by atoms with Crippen molar-refractivity contribution >= 4 is 44.2 Å². The number of hydrogen-bond acceptors (Lipinski definition) is 4. The molecular weight excluding hydrogens is 424 g/mol. The second-order valence-electron chi connectivity index (χ2n) is 7.59. The summed E-state index contributed by atoms with van der Waals surface area (Å²) >= 11 is 6.05. The molecule has 1 amide bonds. The fourth-order valence-corrected chi connectivity index (χ4v) is 5.46. The minimum Gasteiger partial charge on any atom is -0.451 e. The van der Waals surface area contributed by atoms with Crippen LogP contribution in [-0.4, -0.2) is 31.7 Å². The Bertz CT molecular complexity index is 1230. The molecule has 0 bridgehead atoms. The Morgan fingerprint density at radius 1 is 1.07 bits per heavy atom. The summed E-state index contributed by atoms with van der Waals surface area (Å²) in [6.07, 6.45) is 2.78. The molecule has 6 nitrogen and oxygen atoms in total. The molecule has 30 heavy (non-hydrogen) atoms. The fraction of sp³-hybridized carbons (Fsp3) is 0.318. The van der Waals surface area contributed by atoms with E-state index in [4.69, 9.17) is 16.0 Å². The quantitative estimate of drug-likeness (QED) is 0.602. The highest BCUT2D eigenvalue weighted by atomic mass is 35.5. The van der Waals surface area contributed by atoms with Gasteiger partial charge in [-0.25, -0.2) is 8.42 Å². The Kier molecular flexibility index (Phi) is 5.61. The zero-order valence-electron chi connectivity index (χ0n) is 16.9. The summed E-state index contributed by atoms with van der Waals surface area (Å²) in [5.74, 6) is -0.258. The van der Waals surface area contributed by atoms with Crippen molar-refractivity contribution in [2.45, 2.75) is 38.0 Å². The lowest BCUT2D eigenvalue weighted by Gasteiger charge is -2.26. The molecule has 0 spiro atoms. The third-order valence-electron chi connectivity index (χ3n) is 5.51. The average molecular weight is 447 g/mol. The number of piperidine rings is 1. The van der Waals surface area contributed by atoms with Gasteiger partial charge in [0.15, 0.2) is 5.76 Å². The predicted octanol–water partition coefficient (Wildman–Crippen LogP) is 5.13. The van der Waals surface area contributed by atoms with E-state index in [1.165, 1.54) is 10.4 Å². The Hall–Kier alpha value is -2.35. The Balaban J connectivity index is 1.64. The van der Waals surface area contributed by atoms with Gasteiger partial charge in [-0.15, -0.1) is 0 Å². The molecule has 158 valence electrons. The molecule has 0 aliphatic carbocycles. The summed E-state index contributed by atoms with van der Waals surface area (Å²) in [4.78, 5) is 13.1. The van der Waals surface area contributed by atoms with Gasteiger partial charge in [0.2, 0.25) is 10.0 Å². The van der Waals surface area contributed by atoms with Crippen molar-refractivity contribution in [3.63, 3.8) is 0 Å². The van der Waals surface area contributed by atoms with Gasteiger partial charge in [0.05, 0.1) is 4.90 Å². The minimum absolute atomic E-state index is 0.177. The van der Waals surface area contributed by atoms with E-state index < -0.39 is 15.9 Å². The van der Waals surface area contributed by atoms with Crippen LogP contribution in [0.3, 0.4) is 0 Å². The van der Waals surface area contributed by atoms with Crippen molar-refractivity contribution in [2.24, 2.45) is 0 Å². The summed E-state index contributed by atoms with van der Waals surface area (Å²) in [6.45, 7) is 4.66. The molecule has 2 heterocycles. The number of anilines is 1. The first kappa shape index (κ1) is 20.9. The third-order valence-corrected chi connectivity index (χ3v) is 7.64. The van der Waals surface area contributed by atoms with E-state index in [1.807, 2.05) is 6.92 Å². The molecule has 3 aromatic rings. The number of nitrogens with zero attached hydrogens (tertiary/aromatic N) is 1. The number of amides is 1. The van der Waals surface area contributed by atoms with Crippen molar-refractivity contribution in [3.8, 4) is 0 Å². The fourth-order valence-electron chi connectivity index (χ4n) is 3.74. The highest BCUT2D eigenvalue weighted by Gasteiger charge is 2.27. The molecule has 1 aliphatic heterocycles. The van der Waals surface area contributed by atoms with Crippen molar-refractivity contribution in [3.05, 3.63) is 58.3 Å². The van der Waals surface area contributed by atoms with E-state index in [-0.39, 0.29) is 10.7 Å². The molecule has 4 rings (SSSR count). The van der Waals surface area contributed by atoms with Gasteiger partial charge in [-0.05, 0) is 62.6 Å². The first-order valence-electron chi connectivity index (χ1n) is 9.88. The molecule has 1 aliphatic rings. The van der Waals surface area contributed by atoms with Crippen LogP contribution in [0.4, 0.5) is 5.69 Å². The Morgan fingerprint density at radius 3 is 2.53 bits per heavy atom. The second-order valence-corrected chi connectivity index (χ2v) is 9.97. The first-order valence-corrected chi connectivity index (χ1v) is 11.7. The van der Waals surface area contributed by atoms with Crippen molar-refractivity contribution in [1.29, 1.82) is 0 Å². The van der Waals surface area contributed by atoms with E-state index >= 15 is 0 Å². The first-order chi connectivity index (χ1) is 14.3. The molecule has 0 radical (unpaired) electrons. The summed E-state index contributed by atoms with van der Waals surface area (Å²) < 4.78 is 33.2. The maximum absolute atomic E-state index is 13.0. The van der Waals surface area contributed by atoms with Gasteiger partial charge in [-0.2, -0.15) is 4.31 Å². The van der Waals surface area contributed by atoms with Gasteiger partial charge < -0.3 is 9.73 Å². The van der Waals surface area contributed by atoms with E-state index in [0.717, 1.165) is 30.2 Å². The number of sulfonamides is 1. The number of nitrogens with one attached hydrogen (secondary N) is 1. The monoisotopic (exact) mass is 446 g/mol. The molecule has 0 saturated carbocycles. The Labute approximate surface area is 180 Å². The molecule has 0 atom stereocenters. The van der Waals surface area contributed by atoms with E-state index in [9.17, 15) is 13.2 Å². The highest BCUT2D eigenvalue weighted by molar-refractivity contribution is 7.89. The number of furan rings is 1. The van der Waals surface area contributed by atoms with Crippen LogP contribution in [0.1, 0.15) is 40.9 Å². The third kappa shape index (κ3) is 3.85. The van der Waals surface area contributed by atoms with Crippen LogP contribution in [0.2, 0.25) is 5.02 Å². The number of aryl methyl sites for hydroxylation is 2. The highest BCUT2D eigenvalue weighted by Crippen LogP contribution is 2.30. The largest absolute Gasteiger partial charge is 0.451 e. The lowest BCUT2D eigenvalue weighted by atomic mass is 10.1. The van der Waals surface area contributed by atoms with Crippen LogP contribution < -0.4 is 5.32 Å². The zero-order valence-corrected chi connectivity index (χ0v) is 18.4. The van der Waals surface area contributed by atoms with Crippen molar-refractivity contribution in [2.75, 3.05) is 18.4 Å². The normalized spacial score (nSPS) is 15.4. The van der Waals surface area contributed by atoms with Crippen molar-refractivity contribution in [1.82, 2.24) is 4.31 Å². The lowest BCUT2D eigenvalue weighted by Crippen LogP contribution is -2.35. The van der Waals surface area contributed by atoms with Gasteiger partial charge in [0, 0.05) is 34.7 Å². The summed E-state index contributed by atoms with van der Waals surface area (Å²) in [6, 6.07) is 9.99. The average Bonchev–Trinajstić information content (AvgIpc) is 3.06. The van der Waals surface area contributed by atoms with Gasteiger partial charge in [-0.3, -0.25) is 4.79 Å². The SMILES string of the molecule is Cc1ccc(S(=O)(=O)N2CCCCC2)cc1NC(=O)c1oc2ccc(Cl)cc2c1C. The number of halogens is 1. The molecule has 0 unspecified atom stereocenters. The molecular formula is C22H23ClN2O4S. The molecule has 1 N–H and O–H groups in total. The van der Waals surface area contributed by atoms with E-state index in [0.29, 0.717) is 34.9 Å². The Morgan fingerprint density at radius 2 is 1.80 bits per heavy atom. The predicted molar refractivity (Wildman–Crippen MR) is 118 cm³/mol. The molecule has 1 aromatic heterocycles. The van der Waals surface area contributed by atoms with Gasteiger partial charge in [0.25, 0.3) is 5.91 Å². The number of benzene rings is 2. The standard InChI is InChI=1S/C22H23ClN2O4S/c1-14-6-8-17(30(27,28)25-10-4-3-5-11-25)13-19(14)24-22(26)21-15(2)18-12-16(23)7-9-20(18)29-21/h6-9,12-13H,3-5,10-11H2,1-2H3,(H,24,26). The molecule has 1 fully saturated rings.